The van der Waals surface area contributed by atoms with Gasteiger partial charge in [-0.15, -0.1) is 0 Å². The summed E-state index contributed by atoms with van der Waals surface area (Å²) >= 11 is 2.13. The van der Waals surface area contributed by atoms with Crippen LogP contribution in [-0.2, 0) is 11.2 Å². The van der Waals surface area contributed by atoms with Gasteiger partial charge in [0.1, 0.15) is 5.75 Å². The maximum absolute atomic E-state index is 11.9. The van der Waals surface area contributed by atoms with Crippen LogP contribution in [0.4, 0.5) is 13.2 Å². The number of benzene rings is 1. The van der Waals surface area contributed by atoms with E-state index in [0.29, 0.717) is 12.2 Å². The van der Waals surface area contributed by atoms with Crippen LogP contribution in [0.25, 0.3) is 0 Å². The summed E-state index contributed by atoms with van der Waals surface area (Å²) in [5, 5.41) is 1.79. The Morgan fingerprint density at radius 3 is 2.74 bits per heavy atom. The Kier molecular flexibility index (Phi) is 5.89. The molecule has 0 aliphatic heterocycles. The fourth-order valence-electron chi connectivity index (χ4n) is 1.33. The molecule has 19 heavy (non-hydrogen) atoms. The van der Waals surface area contributed by atoms with Crippen molar-refractivity contribution in [2.24, 2.45) is 0 Å². The van der Waals surface area contributed by atoms with Crippen molar-refractivity contribution in [3.8, 4) is 5.75 Å². The lowest BCUT2D eigenvalue weighted by Crippen LogP contribution is -2.37. The third-order valence-corrected chi connectivity index (χ3v) is 3.33. The van der Waals surface area contributed by atoms with Crippen molar-refractivity contribution < 1.29 is 22.7 Å². The first-order valence-electron chi connectivity index (χ1n) is 5.33. The van der Waals surface area contributed by atoms with Crippen LogP contribution in [0.3, 0.4) is 0 Å². The molecule has 7 heteroatoms. The summed E-state index contributed by atoms with van der Waals surface area (Å²) in [7, 11) is 1.54. The van der Waals surface area contributed by atoms with Crippen molar-refractivity contribution in [1.29, 1.82) is 0 Å². The van der Waals surface area contributed by atoms with Crippen LogP contribution in [0.5, 0.6) is 5.75 Å². The van der Waals surface area contributed by atoms with E-state index in [4.69, 9.17) is 4.74 Å². The number of carbonyl (C=O) groups is 1. The number of alkyl halides is 3. The molecule has 1 aromatic rings. The lowest BCUT2D eigenvalue weighted by Gasteiger charge is -2.09. The van der Waals surface area contributed by atoms with Crippen LogP contribution in [0.1, 0.15) is 5.56 Å². The largest absolute Gasteiger partial charge is 0.497 e. The number of nitrogens with one attached hydrogen (secondary N) is 1. The zero-order chi connectivity index (χ0) is 14.5. The first kappa shape index (κ1) is 16.1. The Morgan fingerprint density at radius 2 is 2.16 bits per heavy atom. The summed E-state index contributed by atoms with van der Waals surface area (Å²) in [4.78, 5) is 10.6. The number of hydrogen-bond donors (Lipinski definition) is 1. The van der Waals surface area contributed by atoms with E-state index in [9.17, 15) is 18.0 Å². The van der Waals surface area contributed by atoms with Gasteiger partial charge >= 0.3 is 12.1 Å². The Labute approximate surface area is 122 Å². The van der Waals surface area contributed by atoms with E-state index in [1.165, 1.54) is 0 Å². The molecule has 1 amide bonds. The topological polar surface area (TPSA) is 38.3 Å². The molecule has 0 fully saturated rings. The maximum Gasteiger partial charge on any atom is 0.471 e. The number of hydrogen-bond acceptors (Lipinski definition) is 2. The van der Waals surface area contributed by atoms with E-state index >= 15 is 0 Å². The smallest absolute Gasteiger partial charge is 0.471 e. The Bertz CT molecular complexity index is 449. The normalized spacial score (nSPS) is 11.2. The molecule has 1 rings (SSSR count). The van der Waals surface area contributed by atoms with Gasteiger partial charge in [0.15, 0.2) is 0 Å². The van der Waals surface area contributed by atoms with Crippen molar-refractivity contribution >= 4 is 28.5 Å². The summed E-state index contributed by atoms with van der Waals surface area (Å²) in [6, 6.07) is 5.47. The van der Waals surface area contributed by atoms with Gasteiger partial charge in [-0.1, -0.05) is 0 Å². The number of ether oxygens (including phenoxy) is 1. The number of amides is 1. The van der Waals surface area contributed by atoms with Crippen molar-refractivity contribution in [1.82, 2.24) is 5.32 Å². The Morgan fingerprint density at radius 1 is 1.47 bits per heavy atom. The summed E-state index contributed by atoms with van der Waals surface area (Å²) in [5.74, 6) is -1.24. The monoisotopic (exact) mass is 386 g/mol. The summed E-state index contributed by atoms with van der Waals surface area (Å²) < 4.78 is 41.8. The minimum absolute atomic E-state index is 0.133. The van der Waals surface area contributed by atoms with E-state index in [1.54, 1.807) is 24.9 Å². The van der Waals surface area contributed by atoms with Crippen molar-refractivity contribution in [3.63, 3.8) is 0 Å². The molecule has 0 spiro atoms. The molecule has 0 aromatic heterocycles. The predicted molar refractivity (Wildman–Crippen MR) is 72.8 cm³/mol. The van der Waals surface area contributed by atoms with Gasteiger partial charge in [-0.2, -0.15) is 13.2 Å². The molecule has 0 heterocycles. The molecule has 0 bridgehead atoms. The lowest BCUT2D eigenvalue weighted by molar-refractivity contribution is -0.173. The maximum atomic E-state index is 11.9. The number of methoxy groups -OCH3 is 1. The van der Waals surface area contributed by atoms with E-state index < -0.39 is 12.1 Å². The average molecular weight is 386 g/mol. The summed E-state index contributed by atoms with van der Waals surface area (Å²) in [5.41, 5.74) is 0.932. The zero-order valence-corrected chi connectivity index (χ0v) is 12.2. The van der Waals surface area contributed by atoms with Crippen LogP contribution in [-0.4, -0.2) is 25.7 Å². The summed E-state index contributed by atoms with van der Waals surface area (Å²) in [6.07, 6.45) is -2.81. The number of rotatable bonds is 5. The average Bonchev–Trinajstić information content (AvgIpc) is 2.35. The van der Waals surface area contributed by atoms with Crippen LogP contribution in [0.15, 0.2) is 18.2 Å². The molecule has 0 unspecified atom stereocenters. The van der Waals surface area contributed by atoms with Crippen molar-refractivity contribution in [3.05, 3.63) is 33.8 Å². The van der Waals surface area contributed by atoms with Crippen molar-refractivity contribution in [2.75, 3.05) is 13.7 Å². The first-order valence-corrected chi connectivity index (χ1v) is 6.41. The van der Waals surface area contributed by atoms with Gasteiger partial charge in [-0.05, 0) is 59.2 Å². The SMILES string of the molecule is COc1ccc(I)c(C[CH]CNC(=O)C(F)(F)F)c1. The molecule has 105 valence electrons. The molecule has 3 nitrogen and oxygen atoms in total. The van der Waals surface area contributed by atoms with Gasteiger partial charge in [-0.3, -0.25) is 4.79 Å². The molecule has 1 N–H and O–H groups in total. The van der Waals surface area contributed by atoms with E-state index in [0.717, 1.165) is 9.13 Å². The minimum atomic E-state index is -4.84. The van der Waals surface area contributed by atoms with Gasteiger partial charge in [0.05, 0.1) is 7.11 Å². The lowest BCUT2D eigenvalue weighted by atomic mass is 10.1. The first-order chi connectivity index (χ1) is 8.84. The molecule has 0 saturated carbocycles. The molecule has 0 saturated heterocycles. The molecule has 0 aliphatic carbocycles. The fraction of sp³-hybridized carbons (Fsp3) is 0.333. The highest BCUT2D eigenvalue weighted by Gasteiger charge is 2.38. The second-order valence-corrected chi connectivity index (χ2v) is 4.82. The predicted octanol–water partition coefficient (Wildman–Crippen LogP) is 2.73. The second-order valence-electron chi connectivity index (χ2n) is 3.66. The number of halogens is 4. The van der Waals surface area contributed by atoms with Gasteiger partial charge in [-0.25, -0.2) is 0 Å². The minimum Gasteiger partial charge on any atom is -0.497 e. The van der Waals surface area contributed by atoms with Gasteiger partial charge in [0, 0.05) is 10.1 Å². The third-order valence-electron chi connectivity index (χ3n) is 2.28. The highest BCUT2D eigenvalue weighted by atomic mass is 127. The van der Waals surface area contributed by atoms with Gasteiger partial charge in [0.2, 0.25) is 0 Å². The molecule has 0 aliphatic rings. The molecule has 1 radical (unpaired) electrons. The molecule has 1 aromatic carbocycles. The zero-order valence-electron chi connectivity index (χ0n) is 10.1. The van der Waals surface area contributed by atoms with Crippen molar-refractivity contribution in [2.45, 2.75) is 12.6 Å². The van der Waals surface area contributed by atoms with Crippen LogP contribution < -0.4 is 10.1 Å². The fourth-order valence-corrected chi connectivity index (χ4v) is 1.88. The van der Waals surface area contributed by atoms with Crippen LogP contribution in [0, 0.1) is 9.99 Å². The van der Waals surface area contributed by atoms with Crippen LogP contribution >= 0.6 is 22.6 Å². The van der Waals surface area contributed by atoms with E-state index in [-0.39, 0.29) is 6.54 Å². The Balaban J connectivity index is 2.43. The molecule has 0 atom stereocenters. The molecular formula is C12H12F3INO2. The van der Waals surface area contributed by atoms with Gasteiger partial charge < -0.3 is 10.1 Å². The highest BCUT2D eigenvalue weighted by molar-refractivity contribution is 14.1. The molecular weight excluding hydrogens is 374 g/mol. The second kappa shape index (κ2) is 6.97. The van der Waals surface area contributed by atoms with Gasteiger partial charge in [0.25, 0.3) is 0 Å². The number of carbonyl (C=O) groups excluding carboxylic acids is 1. The standard InChI is InChI=1S/C12H12F3INO2/c1-19-9-4-5-10(16)8(7-9)3-2-6-17-11(18)12(13,14)15/h2,4-5,7H,3,6H2,1H3,(H,17,18). The van der Waals surface area contributed by atoms with E-state index in [2.05, 4.69) is 22.6 Å². The van der Waals surface area contributed by atoms with Crippen LogP contribution in [0.2, 0.25) is 0 Å². The highest BCUT2D eigenvalue weighted by Crippen LogP contribution is 2.20. The summed E-state index contributed by atoms with van der Waals surface area (Å²) in [6.45, 7) is -0.133. The third kappa shape index (κ3) is 5.25. The Hall–Kier alpha value is -0.990. The van der Waals surface area contributed by atoms with E-state index in [1.807, 2.05) is 12.1 Å². The quantitative estimate of drug-likeness (QED) is 0.625.